The molecule has 1 aromatic heterocycles. The zero-order chi connectivity index (χ0) is 13.2. The smallest absolute Gasteiger partial charge is 0.337 e. The van der Waals surface area contributed by atoms with Gasteiger partial charge in [0.2, 0.25) is 0 Å². The third-order valence-electron chi connectivity index (χ3n) is 2.99. The van der Waals surface area contributed by atoms with Gasteiger partial charge in [-0.05, 0) is 35.2 Å². The largest absolute Gasteiger partial charge is 0.465 e. The molecule has 0 saturated carbocycles. The minimum absolute atomic E-state index is 0.303. The van der Waals surface area contributed by atoms with Gasteiger partial charge in [-0.3, -0.25) is 0 Å². The van der Waals surface area contributed by atoms with Gasteiger partial charge >= 0.3 is 5.97 Å². The molecule has 1 heterocycles. The second kappa shape index (κ2) is 4.86. The molecule has 2 aromatic carbocycles. The molecule has 2 nitrogen and oxygen atoms in total. The number of methoxy groups -OCH3 is 1. The Kier molecular flexibility index (Phi) is 3.05. The Morgan fingerprint density at radius 2 is 1.89 bits per heavy atom. The number of carbonyl (C=O) groups excluding carboxylic acids is 1. The van der Waals surface area contributed by atoms with Crippen LogP contribution in [-0.2, 0) is 4.74 Å². The van der Waals surface area contributed by atoms with Gasteiger partial charge in [-0.1, -0.05) is 30.3 Å². The van der Waals surface area contributed by atoms with E-state index in [0.29, 0.717) is 5.56 Å². The lowest BCUT2D eigenvalue weighted by atomic mass is 10.1. The number of rotatable bonds is 2. The number of ether oxygens (including phenoxy) is 1. The number of esters is 1. The predicted octanol–water partition coefficient (Wildman–Crippen LogP) is 4.35. The summed E-state index contributed by atoms with van der Waals surface area (Å²) in [4.78, 5) is 12.7. The molecule has 3 rings (SSSR count). The average Bonchev–Trinajstić information content (AvgIpc) is 2.90. The van der Waals surface area contributed by atoms with E-state index in [1.165, 1.54) is 17.2 Å². The maximum Gasteiger partial charge on any atom is 0.337 e. The molecule has 0 amide bonds. The van der Waals surface area contributed by atoms with Crippen LogP contribution in [0.4, 0.5) is 0 Å². The van der Waals surface area contributed by atoms with Crippen LogP contribution in [0.25, 0.3) is 20.5 Å². The summed E-state index contributed by atoms with van der Waals surface area (Å²) in [6.07, 6.45) is 0. The highest BCUT2D eigenvalue weighted by atomic mass is 32.1. The van der Waals surface area contributed by atoms with E-state index in [1.54, 1.807) is 17.4 Å². The van der Waals surface area contributed by atoms with Crippen molar-refractivity contribution in [2.75, 3.05) is 7.11 Å². The van der Waals surface area contributed by atoms with Crippen molar-refractivity contribution >= 4 is 27.4 Å². The van der Waals surface area contributed by atoms with Crippen LogP contribution >= 0.6 is 11.3 Å². The van der Waals surface area contributed by atoms with Crippen LogP contribution in [0, 0.1) is 0 Å². The highest BCUT2D eigenvalue weighted by molar-refractivity contribution is 7.22. The lowest BCUT2D eigenvalue weighted by Crippen LogP contribution is -2.00. The molecule has 0 atom stereocenters. The Hall–Kier alpha value is -2.13. The lowest BCUT2D eigenvalue weighted by Gasteiger charge is -2.01. The zero-order valence-electron chi connectivity index (χ0n) is 10.4. The van der Waals surface area contributed by atoms with E-state index in [0.717, 1.165) is 10.4 Å². The Morgan fingerprint density at radius 3 is 2.68 bits per heavy atom. The first-order chi connectivity index (χ1) is 9.28. The summed E-state index contributed by atoms with van der Waals surface area (Å²) in [6.45, 7) is 0. The molecule has 0 aliphatic carbocycles. The number of fused-ring (bicyclic) bond motifs is 1. The second-order valence-electron chi connectivity index (χ2n) is 4.22. The third kappa shape index (κ3) is 2.25. The van der Waals surface area contributed by atoms with E-state index in [9.17, 15) is 4.79 Å². The molecule has 0 radical (unpaired) electrons. The lowest BCUT2D eigenvalue weighted by molar-refractivity contribution is 0.0601. The Labute approximate surface area is 115 Å². The molecule has 0 saturated heterocycles. The van der Waals surface area contributed by atoms with Gasteiger partial charge in [0, 0.05) is 9.58 Å². The van der Waals surface area contributed by atoms with Crippen molar-refractivity contribution < 1.29 is 9.53 Å². The Morgan fingerprint density at radius 1 is 1.05 bits per heavy atom. The standard InChI is InChI=1S/C16H12O2S/c1-18-16(17)13-7-4-6-11(9-13)15-10-12-5-2-3-8-14(12)19-15/h2-10H,1H3. The maximum absolute atomic E-state index is 11.6. The summed E-state index contributed by atoms with van der Waals surface area (Å²) in [5, 5.41) is 1.23. The minimum Gasteiger partial charge on any atom is -0.465 e. The van der Waals surface area contributed by atoms with Crippen LogP contribution in [0.2, 0.25) is 0 Å². The van der Waals surface area contributed by atoms with Crippen molar-refractivity contribution in [1.82, 2.24) is 0 Å². The third-order valence-corrected chi connectivity index (χ3v) is 4.16. The van der Waals surface area contributed by atoms with Gasteiger partial charge in [-0.2, -0.15) is 0 Å². The Bertz CT molecular complexity index is 710. The fourth-order valence-electron chi connectivity index (χ4n) is 2.04. The molecule has 3 aromatic rings. The summed E-state index contributed by atoms with van der Waals surface area (Å²) in [5.41, 5.74) is 1.63. The maximum atomic E-state index is 11.6. The van der Waals surface area contributed by atoms with Crippen LogP contribution in [0.1, 0.15) is 10.4 Å². The first-order valence-corrected chi connectivity index (χ1v) is 6.77. The summed E-state index contributed by atoms with van der Waals surface area (Å²) in [6, 6.07) is 17.9. The van der Waals surface area contributed by atoms with E-state index >= 15 is 0 Å². The van der Waals surface area contributed by atoms with Crippen molar-refractivity contribution in [3.8, 4) is 10.4 Å². The number of hydrogen-bond donors (Lipinski definition) is 0. The van der Waals surface area contributed by atoms with Gasteiger partial charge in [0.05, 0.1) is 12.7 Å². The Balaban J connectivity index is 2.08. The molecule has 0 N–H and O–H groups in total. The minimum atomic E-state index is -0.303. The van der Waals surface area contributed by atoms with Gasteiger partial charge in [0.15, 0.2) is 0 Å². The fraction of sp³-hybridized carbons (Fsp3) is 0.0625. The molecule has 0 fully saturated rings. The van der Waals surface area contributed by atoms with Gasteiger partial charge < -0.3 is 4.74 Å². The van der Waals surface area contributed by atoms with Crippen molar-refractivity contribution in [3.63, 3.8) is 0 Å². The molecular formula is C16H12O2S. The predicted molar refractivity (Wildman–Crippen MR) is 78.6 cm³/mol. The SMILES string of the molecule is COC(=O)c1cccc(-c2cc3ccccc3s2)c1. The number of benzene rings is 2. The van der Waals surface area contributed by atoms with E-state index in [2.05, 4.69) is 18.2 Å². The molecule has 94 valence electrons. The molecule has 0 unspecified atom stereocenters. The van der Waals surface area contributed by atoms with E-state index < -0.39 is 0 Å². The number of thiophene rings is 1. The van der Waals surface area contributed by atoms with Crippen molar-refractivity contribution in [2.24, 2.45) is 0 Å². The summed E-state index contributed by atoms with van der Waals surface area (Å²) >= 11 is 1.73. The monoisotopic (exact) mass is 268 g/mol. The van der Waals surface area contributed by atoms with E-state index in [1.807, 2.05) is 30.3 Å². The molecular weight excluding hydrogens is 256 g/mol. The molecule has 0 bridgehead atoms. The summed E-state index contributed by atoms with van der Waals surface area (Å²) in [7, 11) is 1.40. The number of hydrogen-bond acceptors (Lipinski definition) is 3. The quantitative estimate of drug-likeness (QED) is 0.646. The van der Waals surface area contributed by atoms with Crippen LogP contribution in [0.5, 0.6) is 0 Å². The highest BCUT2D eigenvalue weighted by Crippen LogP contribution is 2.33. The first-order valence-electron chi connectivity index (χ1n) is 5.95. The zero-order valence-corrected chi connectivity index (χ0v) is 11.2. The van der Waals surface area contributed by atoms with Crippen LogP contribution in [0.3, 0.4) is 0 Å². The summed E-state index contributed by atoms with van der Waals surface area (Å²) in [5.74, 6) is -0.303. The van der Waals surface area contributed by atoms with Gasteiger partial charge in [-0.15, -0.1) is 11.3 Å². The van der Waals surface area contributed by atoms with Crippen molar-refractivity contribution in [1.29, 1.82) is 0 Å². The average molecular weight is 268 g/mol. The molecule has 0 aliphatic heterocycles. The van der Waals surface area contributed by atoms with Crippen molar-refractivity contribution in [3.05, 3.63) is 60.2 Å². The van der Waals surface area contributed by atoms with E-state index in [4.69, 9.17) is 4.74 Å². The topological polar surface area (TPSA) is 26.3 Å². The molecule has 0 aliphatic rings. The van der Waals surface area contributed by atoms with Crippen molar-refractivity contribution in [2.45, 2.75) is 0 Å². The molecule has 19 heavy (non-hydrogen) atoms. The van der Waals surface area contributed by atoms with Crippen LogP contribution < -0.4 is 0 Å². The highest BCUT2D eigenvalue weighted by Gasteiger charge is 2.08. The summed E-state index contributed by atoms with van der Waals surface area (Å²) < 4.78 is 6.00. The fourth-order valence-corrected chi connectivity index (χ4v) is 3.10. The van der Waals surface area contributed by atoms with Crippen LogP contribution in [0.15, 0.2) is 54.6 Å². The normalized spacial score (nSPS) is 10.6. The second-order valence-corrected chi connectivity index (χ2v) is 5.30. The van der Waals surface area contributed by atoms with Gasteiger partial charge in [0.25, 0.3) is 0 Å². The first kappa shape index (κ1) is 11.9. The van der Waals surface area contributed by atoms with Gasteiger partial charge in [0.1, 0.15) is 0 Å². The van der Waals surface area contributed by atoms with Gasteiger partial charge in [-0.25, -0.2) is 4.79 Å². The number of carbonyl (C=O) groups is 1. The molecule has 3 heteroatoms. The van der Waals surface area contributed by atoms with E-state index in [-0.39, 0.29) is 5.97 Å². The van der Waals surface area contributed by atoms with Crippen LogP contribution in [-0.4, -0.2) is 13.1 Å². The molecule has 0 spiro atoms.